The molecule has 5 rings (SSSR count). The molecule has 8 heteroatoms. The monoisotopic (exact) mass is 604 g/mol. The van der Waals surface area contributed by atoms with Gasteiger partial charge in [-0.15, -0.1) is 0 Å². The average Bonchev–Trinajstić information content (AvgIpc) is 3.39. The number of rotatable bonds is 8. The van der Waals surface area contributed by atoms with Crippen LogP contribution >= 0.6 is 0 Å². The molecule has 0 radical (unpaired) electrons. The van der Waals surface area contributed by atoms with Gasteiger partial charge in [-0.1, -0.05) is 44.6 Å². The fourth-order valence-corrected chi connectivity index (χ4v) is 11.3. The van der Waals surface area contributed by atoms with Crippen LogP contribution in [0.15, 0.2) is 23.8 Å². The zero-order valence-corrected chi connectivity index (χ0v) is 27.1. The van der Waals surface area contributed by atoms with Crippen LogP contribution in [-0.2, 0) is 14.3 Å². The summed E-state index contributed by atoms with van der Waals surface area (Å²) in [5.74, 6) is -0.326. The van der Waals surface area contributed by atoms with E-state index in [4.69, 9.17) is 9.47 Å². The molecule has 5 N–H and O–H groups in total. The molecule has 5 fully saturated rings. The zero-order chi connectivity index (χ0) is 31.7. The van der Waals surface area contributed by atoms with Crippen molar-refractivity contribution >= 4 is 5.97 Å². The maximum atomic E-state index is 12.7. The highest BCUT2D eigenvalue weighted by atomic mass is 16.7. The summed E-state index contributed by atoms with van der Waals surface area (Å²) in [5.41, 5.74) is 0.839. The zero-order valence-electron chi connectivity index (χ0n) is 27.1. The molecule has 0 aromatic rings. The number of ether oxygens (including phenoxy) is 2. The van der Waals surface area contributed by atoms with E-state index in [2.05, 4.69) is 47.3 Å². The van der Waals surface area contributed by atoms with Crippen LogP contribution < -0.4 is 0 Å². The average molecular weight is 605 g/mol. The van der Waals surface area contributed by atoms with Crippen molar-refractivity contribution in [1.82, 2.24) is 0 Å². The van der Waals surface area contributed by atoms with Crippen LogP contribution in [-0.4, -0.2) is 74.9 Å². The SMILES string of the molecule is C=C(CCC=C(C)C)[C@@H]1[C@H]2CC[C@@H]3[C@@]4(C)CC[C@H](O)[C@@](C)(C(=O)O)[C@H]4CC[C@@]3(C)[C@]2(C)C[C@H]1O[C@H]1O[C@H](CO)[C@H](O)[C@@H]1O. The van der Waals surface area contributed by atoms with Crippen LogP contribution in [0.5, 0.6) is 0 Å². The highest BCUT2D eigenvalue weighted by molar-refractivity contribution is 5.76. The Morgan fingerprint density at radius 2 is 1.67 bits per heavy atom. The summed E-state index contributed by atoms with van der Waals surface area (Å²) >= 11 is 0. The van der Waals surface area contributed by atoms with Crippen molar-refractivity contribution in [3.63, 3.8) is 0 Å². The number of aliphatic hydroxyl groups is 4. The molecule has 5 aliphatic rings. The molecular formula is C35H56O8. The summed E-state index contributed by atoms with van der Waals surface area (Å²) in [6, 6.07) is 0. The lowest BCUT2D eigenvalue weighted by Crippen LogP contribution is -2.65. The first-order chi connectivity index (χ1) is 20.1. The standard InChI is InChI=1S/C35H56O8/c1-19(2)9-8-10-20(3)27-21-11-12-24-32(4)15-14-26(37)35(7,31(40)41)25(32)13-16-33(24,5)34(21,6)17-22(27)42-30-29(39)28(38)23(18-36)43-30/h9,21-30,36-39H,3,8,10-18H2,1-2,4-7H3,(H,40,41)/t21-,22-,23-,24-,25+,26+,27-,28+,29+,30+,32-,33-,34-,35+/m1/s1. The largest absolute Gasteiger partial charge is 0.481 e. The summed E-state index contributed by atoms with van der Waals surface area (Å²) in [7, 11) is 0. The number of carbonyl (C=O) groups is 1. The van der Waals surface area contributed by atoms with E-state index >= 15 is 0 Å². The Hall–Kier alpha value is -1.29. The molecule has 4 aliphatic carbocycles. The molecule has 0 aromatic carbocycles. The van der Waals surface area contributed by atoms with Gasteiger partial charge in [0.1, 0.15) is 18.3 Å². The molecular weight excluding hydrogens is 548 g/mol. The summed E-state index contributed by atoms with van der Waals surface area (Å²) in [6.45, 7) is 17.3. The van der Waals surface area contributed by atoms with Crippen molar-refractivity contribution in [2.75, 3.05) is 6.61 Å². The van der Waals surface area contributed by atoms with Crippen molar-refractivity contribution in [3.8, 4) is 0 Å². The lowest BCUT2D eigenvalue weighted by Gasteiger charge is -2.69. The van der Waals surface area contributed by atoms with Gasteiger partial charge < -0.3 is 35.0 Å². The third kappa shape index (κ3) is 4.89. The molecule has 244 valence electrons. The number of aliphatic carboxylic acids is 1. The van der Waals surface area contributed by atoms with E-state index in [1.165, 1.54) is 5.57 Å². The molecule has 1 saturated heterocycles. The normalized spacial score (nSPS) is 50.8. The van der Waals surface area contributed by atoms with E-state index < -0.39 is 48.7 Å². The molecule has 0 spiro atoms. The molecule has 0 unspecified atom stereocenters. The van der Waals surface area contributed by atoms with Gasteiger partial charge in [0.25, 0.3) is 0 Å². The van der Waals surface area contributed by atoms with Gasteiger partial charge in [-0.3, -0.25) is 4.79 Å². The predicted molar refractivity (Wildman–Crippen MR) is 163 cm³/mol. The van der Waals surface area contributed by atoms with E-state index in [0.29, 0.717) is 18.3 Å². The van der Waals surface area contributed by atoms with Gasteiger partial charge in [0.05, 0.1) is 24.2 Å². The van der Waals surface area contributed by atoms with Gasteiger partial charge in [-0.25, -0.2) is 0 Å². The minimum Gasteiger partial charge on any atom is -0.481 e. The van der Waals surface area contributed by atoms with Crippen LogP contribution in [0.2, 0.25) is 0 Å². The molecule has 1 heterocycles. The first kappa shape index (κ1) is 33.1. The maximum Gasteiger partial charge on any atom is 0.312 e. The first-order valence-corrected chi connectivity index (χ1v) is 16.6. The Labute approximate surface area is 257 Å². The van der Waals surface area contributed by atoms with Crippen molar-refractivity contribution in [1.29, 1.82) is 0 Å². The molecule has 14 atom stereocenters. The Balaban J connectivity index is 1.49. The minimum atomic E-state index is -1.24. The van der Waals surface area contributed by atoms with Gasteiger partial charge in [0.15, 0.2) is 6.29 Å². The van der Waals surface area contributed by atoms with Gasteiger partial charge in [0, 0.05) is 5.92 Å². The van der Waals surface area contributed by atoms with Gasteiger partial charge >= 0.3 is 5.97 Å². The van der Waals surface area contributed by atoms with Gasteiger partial charge in [-0.2, -0.15) is 0 Å². The van der Waals surface area contributed by atoms with Crippen molar-refractivity contribution in [3.05, 3.63) is 23.8 Å². The molecule has 1 aliphatic heterocycles. The Bertz CT molecular complexity index is 1120. The number of carboxylic acid groups (broad SMARTS) is 1. The molecule has 0 amide bonds. The number of hydrogen-bond donors (Lipinski definition) is 5. The summed E-state index contributed by atoms with van der Waals surface area (Å²) in [6.07, 6.45) is 4.20. The minimum absolute atomic E-state index is 0.0532. The molecule has 43 heavy (non-hydrogen) atoms. The molecule has 8 nitrogen and oxygen atoms in total. The topological polar surface area (TPSA) is 137 Å². The predicted octanol–water partition coefficient (Wildman–Crippen LogP) is 4.83. The van der Waals surface area contributed by atoms with E-state index in [1.54, 1.807) is 6.92 Å². The number of aliphatic hydroxyl groups excluding tert-OH is 4. The fraction of sp³-hybridized carbons (Fsp3) is 0.857. The number of fused-ring (bicyclic) bond motifs is 5. The van der Waals surface area contributed by atoms with Crippen LogP contribution in [0.1, 0.15) is 99.3 Å². The summed E-state index contributed by atoms with van der Waals surface area (Å²) < 4.78 is 12.4. The van der Waals surface area contributed by atoms with Crippen molar-refractivity contribution in [2.24, 2.45) is 45.3 Å². The second-order valence-corrected chi connectivity index (χ2v) is 15.9. The van der Waals surface area contributed by atoms with Gasteiger partial charge in [-0.05, 0) is 113 Å². The fourth-order valence-electron chi connectivity index (χ4n) is 11.3. The molecule has 0 bridgehead atoms. The van der Waals surface area contributed by atoms with Crippen LogP contribution in [0.4, 0.5) is 0 Å². The second kappa shape index (κ2) is 11.5. The van der Waals surface area contributed by atoms with E-state index in [0.717, 1.165) is 56.9 Å². The Morgan fingerprint density at radius 3 is 2.28 bits per heavy atom. The Kier molecular flexibility index (Phi) is 8.85. The lowest BCUT2D eigenvalue weighted by atomic mass is 9.35. The lowest BCUT2D eigenvalue weighted by molar-refractivity contribution is -0.230. The smallest absolute Gasteiger partial charge is 0.312 e. The highest BCUT2D eigenvalue weighted by Crippen LogP contribution is 2.76. The summed E-state index contributed by atoms with van der Waals surface area (Å²) in [5, 5.41) is 52.2. The van der Waals surface area contributed by atoms with Crippen LogP contribution in [0, 0.1) is 45.3 Å². The van der Waals surface area contributed by atoms with Crippen LogP contribution in [0.3, 0.4) is 0 Å². The van der Waals surface area contributed by atoms with Gasteiger partial charge in [0.2, 0.25) is 0 Å². The second-order valence-electron chi connectivity index (χ2n) is 15.9. The molecule has 0 aromatic heterocycles. The maximum absolute atomic E-state index is 12.7. The number of carboxylic acids is 1. The van der Waals surface area contributed by atoms with E-state index in [1.807, 2.05) is 0 Å². The van der Waals surface area contributed by atoms with Crippen LogP contribution in [0.25, 0.3) is 0 Å². The Morgan fingerprint density at radius 1 is 0.977 bits per heavy atom. The third-order valence-electron chi connectivity index (χ3n) is 13.8. The van der Waals surface area contributed by atoms with Crippen molar-refractivity contribution < 1.29 is 39.8 Å². The van der Waals surface area contributed by atoms with E-state index in [-0.39, 0.29) is 34.2 Å². The highest BCUT2D eigenvalue weighted by Gasteiger charge is 2.71. The van der Waals surface area contributed by atoms with E-state index in [9.17, 15) is 30.3 Å². The third-order valence-corrected chi connectivity index (χ3v) is 13.8. The van der Waals surface area contributed by atoms with Crippen molar-refractivity contribution in [2.45, 2.75) is 136 Å². The number of hydrogen-bond acceptors (Lipinski definition) is 7. The number of allylic oxidation sites excluding steroid dienone is 2. The molecule has 4 saturated carbocycles. The quantitative estimate of drug-likeness (QED) is 0.249. The summed E-state index contributed by atoms with van der Waals surface area (Å²) in [4.78, 5) is 12.7. The first-order valence-electron chi connectivity index (χ1n) is 16.6.